The van der Waals surface area contributed by atoms with Gasteiger partial charge in [0.1, 0.15) is 17.6 Å². The molecule has 6 heteroatoms. The van der Waals surface area contributed by atoms with Crippen molar-refractivity contribution in [3.05, 3.63) is 41.2 Å². The highest BCUT2D eigenvalue weighted by atomic mass is 19.1. The first-order valence-electron chi connectivity index (χ1n) is 10.0. The van der Waals surface area contributed by atoms with Gasteiger partial charge in [-0.15, -0.1) is 0 Å². The Morgan fingerprint density at radius 2 is 2.14 bits per heavy atom. The maximum Gasteiger partial charge on any atom is 0.303 e. The molecule has 4 nitrogen and oxygen atoms in total. The van der Waals surface area contributed by atoms with Gasteiger partial charge in [-0.2, -0.15) is 0 Å². The van der Waals surface area contributed by atoms with Crippen molar-refractivity contribution in [3.8, 4) is 11.5 Å². The Hall–Kier alpha value is -2.37. The zero-order valence-electron chi connectivity index (χ0n) is 16.9. The van der Waals surface area contributed by atoms with Crippen molar-refractivity contribution in [2.24, 2.45) is 17.8 Å². The molecule has 1 aliphatic heterocycles. The Morgan fingerprint density at radius 3 is 2.79 bits per heavy atom. The fraction of sp³-hybridized carbons (Fsp3) is 0.522. The number of carboxylic acids is 1. The van der Waals surface area contributed by atoms with Crippen molar-refractivity contribution >= 4 is 11.5 Å². The van der Waals surface area contributed by atoms with Crippen LogP contribution in [-0.4, -0.2) is 30.0 Å². The Bertz CT molecular complexity index is 902. The second kappa shape index (κ2) is 7.15. The standard InChI is InChI=1S/C23H26F2O4/c1-23(2)11-16-14(5-6-19(28-3)22(16)29-23)13-9-17(24)21(18(25)10-13)15-8-12(15)4-7-20(26)27/h5-6,9-10,12,15,17,21H,4,7-8,11H2,1-3H3,(H,26,27). The molecule has 1 fully saturated rings. The van der Waals surface area contributed by atoms with E-state index < -0.39 is 29.5 Å². The summed E-state index contributed by atoms with van der Waals surface area (Å²) in [5.41, 5.74) is 1.78. The van der Waals surface area contributed by atoms with Crippen LogP contribution in [0.15, 0.2) is 30.1 Å². The first-order valence-corrected chi connectivity index (χ1v) is 10.0. The summed E-state index contributed by atoms with van der Waals surface area (Å²) in [6.45, 7) is 3.94. The summed E-state index contributed by atoms with van der Waals surface area (Å²) < 4.78 is 41.4. The predicted molar refractivity (Wildman–Crippen MR) is 105 cm³/mol. The third-order valence-corrected chi connectivity index (χ3v) is 6.20. The molecule has 0 amide bonds. The summed E-state index contributed by atoms with van der Waals surface area (Å²) in [6, 6.07) is 3.60. The molecule has 0 saturated heterocycles. The van der Waals surface area contributed by atoms with Crippen LogP contribution in [0.1, 0.15) is 44.2 Å². The van der Waals surface area contributed by atoms with Crippen LogP contribution in [0.25, 0.3) is 5.57 Å². The number of carboxylic acid groups (broad SMARTS) is 1. The highest BCUT2D eigenvalue weighted by molar-refractivity contribution is 5.81. The smallest absolute Gasteiger partial charge is 0.303 e. The summed E-state index contributed by atoms with van der Waals surface area (Å²) in [6.07, 6.45) is 3.33. The van der Waals surface area contributed by atoms with Gasteiger partial charge in [-0.25, -0.2) is 8.78 Å². The molecule has 1 heterocycles. The van der Waals surface area contributed by atoms with Gasteiger partial charge in [-0.05, 0) is 67.9 Å². The van der Waals surface area contributed by atoms with Crippen molar-refractivity contribution in [2.75, 3.05) is 7.11 Å². The molecular weight excluding hydrogens is 378 g/mol. The molecule has 0 aromatic heterocycles. The lowest BCUT2D eigenvalue weighted by Gasteiger charge is -2.24. The Labute approximate surface area is 169 Å². The van der Waals surface area contributed by atoms with E-state index in [0.717, 1.165) is 11.1 Å². The lowest BCUT2D eigenvalue weighted by Crippen LogP contribution is -2.25. The number of fused-ring (bicyclic) bond motifs is 1. The van der Waals surface area contributed by atoms with Gasteiger partial charge >= 0.3 is 5.97 Å². The van der Waals surface area contributed by atoms with Gasteiger partial charge in [0.25, 0.3) is 0 Å². The number of allylic oxidation sites excluding steroid dienone is 4. The molecule has 0 spiro atoms. The van der Waals surface area contributed by atoms with Gasteiger partial charge in [-0.1, -0.05) is 6.07 Å². The number of benzene rings is 1. The second-order valence-electron chi connectivity index (χ2n) is 8.88. The number of carbonyl (C=O) groups is 1. The Kier molecular flexibility index (Phi) is 4.91. The Balaban J connectivity index is 1.58. The van der Waals surface area contributed by atoms with Gasteiger partial charge in [0.2, 0.25) is 0 Å². The van der Waals surface area contributed by atoms with Crippen LogP contribution in [0.2, 0.25) is 0 Å². The van der Waals surface area contributed by atoms with Crippen molar-refractivity contribution in [3.63, 3.8) is 0 Å². The van der Waals surface area contributed by atoms with Crippen LogP contribution in [0.5, 0.6) is 11.5 Å². The summed E-state index contributed by atoms with van der Waals surface area (Å²) in [4.78, 5) is 10.7. The van der Waals surface area contributed by atoms with Crippen LogP contribution < -0.4 is 9.47 Å². The van der Waals surface area contributed by atoms with E-state index in [0.29, 0.717) is 36.3 Å². The zero-order valence-corrected chi connectivity index (χ0v) is 16.9. The first kappa shape index (κ1) is 19.9. The van der Waals surface area contributed by atoms with Crippen molar-refractivity contribution in [2.45, 2.75) is 51.3 Å². The van der Waals surface area contributed by atoms with E-state index in [1.807, 2.05) is 19.9 Å². The molecule has 4 rings (SSSR count). The highest BCUT2D eigenvalue weighted by Crippen LogP contribution is 2.54. The Morgan fingerprint density at radius 1 is 1.38 bits per heavy atom. The van der Waals surface area contributed by atoms with E-state index in [2.05, 4.69) is 0 Å². The predicted octanol–water partition coefficient (Wildman–Crippen LogP) is 5.11. The van der Waals surface area contributed by atoms with Crippen molar-refractivity contribution in [1.82, 2.24) is 0 Å². The maximum absolute atomic E-state index is 15.0. The van der Waals surface area contributed by atoms with Gasteiger partial charge in [0.05, 0.1) is 7.11 Å². The number of ether oxygens (including phenoxy) is 2. The molecule has 29 heavy (non-hydrogen) atoms. The molecule has 1 saturated carbocycles. The first-order chi connectivity index (χ1) is 13.7. The normalized spacial score (nSPS) is 29.4. The largest absolute Gasteiger partial charge is 0.493 e. The van der Waals surface area contributed by atoms with Crippen LogP contribution >= 0.6 is 0 Å². The fourth-order valence-electron chi connectivity index (χ4n) is 4.74. The minimum Gasteiger partial charge on any atom is -0.493 e. The van der Waals surface area contributed by atoms with E-state index in [4.69, 9.17) is 14.6 Å². The third kappa shape index (κ3) is 3.77. The van der Waals surface area contributed by atoms with Gasteiger partial charge < -0.3 is 14.6 Å². The van der Waals surface area contributed by atoms with E-state index in [1.54, 1.807) is 13.2 Å². The number of alkyl halides is 1. The lowest BCUT2D eigenvalue weighted by molar-refractivity contribution is -0.137. The highest BCUT2D eigenvalue weighted by Gasteiger charge is 2.48. The molecule has 1 aromatic rings. The number of aliphatic carboxylic acids is 1. The number of methoxy groups -OCH3 is 1. The summed E-state index contributed by atoms with van der Waals surface area (Å²) in [7, 11) is 1.57. The van der Waals surface area contributed by atoms with Gasteiger partial charge in [0.15, 0.2) is 11.5 Å². The van der Waals surface area contributed by atoms with Crippen LogP contribution in [-0.2, 0) is 11.2 Å². The number of halogens is 2. The van der Waals surface area contributed by atoms with Crippen molar-refractivity contribution in [1.29, 1.82) is 0 Å². The quantitative estimate of drug-likeness (QED) is 0.716. The van der Waals surface area contributed by atoms with Crippen LogP contribution in [0.4, 0.5) is 8.78 Å². The minimum atomic E-state index is -1.43. The molecule has 0 radical (unpaired) electrons. The van der Waals surface area contributed by atoms with E-state index >= 15 is 4.39 Å². The van der Waals surface area contributed by atoms with Gasteiger partial charge in [-0.3, -0.25) is 4.79 Å². The second-order valence-corrected chi connectivity index (χ2v) is 8.88. The van der Waals surface area contributed by atoms with Crippen LogP contribution in [0, 0.1) is 17.8 Å². The molecule has 4 atom stereocenters. The summed E-state index contributed by atoms with van der Waals surface area (Å²) in [5, 5.41) is 8.81. The van der Waals surface area contributed by atoms with E-state index in [-0.39, 0.29) is 18.3 Å². The maximum atomic E-state index is 15.0. The molecule has 0 bridgehead atoms. The molecule has 156 valence electrons. The summed E-state index contributed by atoms with van der Waals surface area (Å²) in [5.74, 6) is -0.919. The number of rotatable bonds is 6. The molecule has 3 aliphatic rings. The average Bonchev–Trinajstić information content (AvgIpc) is 3.31. The molecule has 1 aromatic carbocycles. The number of hydrogen-bond donors (Lipinski definition) is 1. The van der Waals surface area contributed by atoms with E-state index in [1.165, 1.54) is 12.2 Å². The SMILES string of the molecule is COc1ccc(C2=CC(F)C(C3CC3CCC(=O)O)C(F)=C2)c2c1OC(C)(C)C2. The van der Waals surface area contributed by atoms with Gasteiger partial charge in [0, 0.05) is 24.3 Å². The minimum absolute atomic E-state index is 0.0467. The summed E-state index contributed by atoms with van der Waals surface area (Å²) >= 11 is 0. The lowest BCUT2D eigenvalue weighted by atomic mass is 9.84. The fourth-order valence-corrected chi connectivity index (χ4v) is 4.74. The topological polar surface area (TPSA) is 55.8 Å². The average molecular weight is 404 g/mol. The number of hydrogen-bond acceptors (Lipinski definition) is 3. The molecule has 1 N–H and O–H groups in total. The monoisotopic (exact) mass is 404 g/mol. The van der Waals surface area contributed by atoms with Crippen LogP contribution in [0.3, 0.4) is 0 Å². The van der Waals surface area contributed by atoms with E-state index in [9.17, 15) is 9.18 Å². The third-order valence-electron chi connectivity index (χ3n) is 6.20. The molecular formula is C23H26F2O4. The molecule has 4 unspecified atom stereocenters. The molecule has 2 aliphatic carbocycles. The van der Waals surface area contributed by atoms with Crippen molar-refractivity contribution < 1.29 is 28.2 Å². The zero-order chi connectivity index (χ0) is 20.9.